The molecule has 3 atom stereocenters. The first-order valence-electron chi connectivity index (χ1n) is 10.7. The van der Waals surface area contributed by atoms with Crippen LogP contribution in [0.15, 0.2) is 30.6 Å². The van der Waals surface area contributed by atoms with Crippen molar-refractivity contribution < 1.29 is 14.3 Å². The number of ether oxygens (including phenoxy) is 2. The first kappa shape index (κ1) is 20.9. The van der Waals surface area contributed by atoms with Crippen molar-refractivity contribution in [1.82, 2.24) is 14.7 Å². The van der Waals surface area contributed by atoms with Gasteiger partial charge in [0.1, 0.15) is 11.4 Å². The zero-order valence-electron chi connectivity index (χ0n) is 18.5. The molecule has 1 fully saturated rings. The number of rotatable bonds is 5. The van der Waals surface area contributed by atoms with Gasteiger partial charge in [0, 0.05) is 29.8 Å². The van der Waals surface area contributed by atoms with Gasteiger partial charge in [-0.3, -0.25) is 9.48 Å². The Morgan fingerprint density at radius 3 is 2.90 bits per heavy atom. The van der Waals surface area contributed by atoms with E-state index in [1.54, 1.807) is 6.20 Å². The number of aromatic nitrogens is 2. The quantitative estimate of drug-likeness (QED) is 0.811. The number of nitrogens with one attached hydrogen (secondary N) is 1. The van der Waals surface area contributed by atoms with Crippen LogP contribution in [0, 0.1) is 5.92 Å². The van der Waals surface area contributed by atoms with Crippen molar-refractivity contribution in [3.8, 4) is 5.75 Å². The lowest BCUT2D eigenvalue weighted by Crippen LogP contribution is -2.48. The zero-order chi connectivity index (χ0) is 21.5. The number of likely N-dealkylation sites (N-methyl/N-ethyl adjacent to an activating group) is 1. The molecule has 162 valence electrons. The molecule has 30 heavy (non-hydrogen) atoms. The largest absolute Gasteiger partial charge is 0.487 e. The van der Waals surface area contributed by atoms with Crippen LogP contribution in [0.5, 0.6) is 5.75 Å². The molecule has 4 rings (SSSR count). The standard InChI is InChI=1S/C23H32N4O3/c1-15-6-8-19-21(29-15)18-12-16(7-9-20(18)30-23(19,2)3)22(28)25-17-13-24-27(14-17)11-10-26(4)5/h7,9,12-15,19,21H,6,8,10-11H2,1-5H3,(H,25,28)/t15-,19-,21+/m1/s1. The van der Waals surface area contributed by atoms with Crippen molar-refractivity contribution >= 4 is 11.6 Å². The minimum absolute atomic E-state index is 0.0472. The maximum atomic E-state index is 12.9. The van der Waals surface area contributed by atoms with Crippen molar-refractivity contribution in [3.05, 3.63) is 41.7 Å². The molecule has 2 aliphatic heterocycles. The monoisotopic (exact) mass is 412 g/mol. The molecule has 2 aromatic rings. The third kappa shape index (κ3) is 4.23. The van der Waals surface area contributed by atoms with Crippen LogP contribution in [0.4, 0.5) is 5.69 Å². The van der Waals surface area contributed by atoms with E-state index in [0.29, 0.717) is 11.3 Å². The molecule has 1 N–H and O–H groups in total. The molecule has 1 saturated heterocycles. The predicted molar refractivity (Wildman–Crippen MR) is 116 cm³/mol. The van der Waals surface area contributed by atoms with Crippen LogP contribution in [-0.2, 0) is 11.3 Å². The van der Waals surface area contributed by atoms with E-state index in [1.807, 2.05) is 43.2 Å². The van der Waals surface area contributed by atoms with Gasteiger partial charge in [0.2, 0.25) is 0 Å². The Hall–Kier alpha value is -2.38. The van der Waals surface area contributed by atoms with Crippen LogP contribution in [0.3, 0.4) is 0 Å². The van der Waals surface area contributed by atoms with Crippen molar-refractivity contribution in [1.29, 1.82) is 0 Å². The summed E-state index contributed by atoms with van der Waals surface area (Å²) < 4.78 is 14.5. The Kier molecular flexibility index (Phi) is 5.59. The number of amides is 1. The van der Waals surface area contributed by atoms with Gasteiger partial charge in [0.05, 0.1) is 30.6 Å². The van der Waals surface area contributed by atoms with Gasteiger partial charge in [-0.1, -0.05) is 0 Å². The molecule has 0 radical (unpaired) electrons. The molecule has 0 saturated carbocycles. The third-order valence-electron chi connectivity index (χ3n) is 6.14. The van der Waals surface area contributed by atoms with Crippen molar-refractivity contribution in [2.75, 3.05) is 26.0 Å². The summed E-state index contributed by atoms with van der Waals surface area (Å²) in [5.41, 5.74) is 1.97. The highest BCUT2D eigenvalue weighted by Crippen LogP contribution is 2.50. The number of benzene rings is 1. The molecule has 0 aliphatic carbocycles. The predicted octanol–water partition coefficient (Wildman–Crippen LogP) is 3.72. The fourth-order valence-corrected chi connectivity index (χ4v) is 4.40. The number of nitrogens with zero attached hydrogens (tertiary/aromatic N) is 3. The van der Waals surface area contributed by atoms with Crippen LogP contribution in [-0.4, -0.2) is 52.9 Å². The Morgan fingerprint density at radius 1 is 1.33 bits per heavy atom. The van der Waals surface area contributed by atoms with Crippen molar-refractivity contribution in [2.45, 2.75) is 58.0 Å². The maximum Gasteiger partial charge on any atom is 0.255 e. The summed E-state index contributed by atoms with van der Waals surface area (Å²) >= 11 is 0. The van der Waals surface area contributed by atoms with Gasteiger partial charge in [0.25, 0.3) is 5.91 Å². The van der Waals surface area contributed by atoms with Gasteiger partial charge >= 0.3 is 0 Å². The van der Waals surface area contributed by atoms with Crippen molar-refractivity contribution in [2.24, 2.45) is 5.92 Å². The topological polar surface area (TPSA) is 68.6 Å². The minimum atomic E-state index is -0.289. The van der Waals surface area contributed by atoms with Crippen LogP contribution < -0.4 is 10.1 Å². The summed E-state index contributed by atoms with van der Waals surface area (Å²) in [6.07, 6.45) is 5.78. The number of carbonyl (C=O) groups excluding carboxylic acids is 1. The first-order valence-corrected chi connectivity index (χ1v) is 10.7. The second-order valence-electron chi connectivity index (χ2n) is 9.26. The van der Waals surface area contributed by atoms with E-state index in [4.69, 9.17) is 9.47 Å². The minimum Gasteiger partial charge on any atom is -0.487 e. The first-order chi connectivity index (χ1) is 14.2. The normalized spacial score (nSPS) is 24.7. The number of hydrogen-bond donors (Lipinski definition) is 1. The Labute approximate surface area is 178 Å². The molecule has 3 heterocycles. The molecule has 0 spiro atoms. The maximum absolute atomic E-state index is 12.9. The molecule has 2 aliphatic rings. The average Bonchev–Trinajstić information content (AvgIpc) is 3.13. The molecule has 0 bridgehead atoms. The van der Waals surface area contributed by atoms with E-state index in [2.05, 4.69) is 36.1 Å². The molecular weight excluding hydrogens is 380 g/mol. The highest BCUT2D eigenvalue weighted by molar-refractivity contribution is 6.04. The zero-order valence-corrected chi connectivity index (χ0v) is 18.5. The van der Waals surface area contributed by atoms with Gasteiger partial charge in [0.15, 0.2) is 0 Å². The van der Waals surface area contributed by atoms with Crippen LogP contribution in [0.1, 0.15) is 55.6 Å². The van der Waals surface area contributed by atoms with E-state index >= 15 is 0 Å². The fourth-order valence-electron chi connectivity index (χ4n) is 4.40. The Morgan fingerprint density at radius 2 is 2.13 bits per heavy atom. The highest BCUT2D eigenvalue weighted by atomic mass is 16.5. The summed E-state index contributed by atoms with van der Waals surface area (Å²) in [5.74, 6) is 0.924. The number of anilines is 1. The van der Waals surface area contributed by atoms with Gasteiger partial charge in [-0.25, -0.2) is 0 Å². The summed E-state index contributed by atoms with van der Waals surface area (Å²) in [5, 5.41) is 7.27. The van der Waals surface area contributed by atoms with Crippen LogP contribution in [0.25, 0.3) is 0 Å². The van der Waals surface area contributed by atoms with E-state index in [-0.39, 0.29) is 29.6 Å². The van der Waals surface area contributed by atoms with Crippen LogP contribution >= 0.6 is 0 Å². The molecule has 1 amide bonds. The Balaban J connectivity index is 1.52. The van der Waals surface area contributed by atoms with E-state index in [0.717, 1.165) is 37.2 Å². The lowest BCUT2D eigenvalue weighted by atomic mass is 9.75. The number of fused-ring (bicyclic) bond motifs is 3. The fraction of sp³-hybridized carbons (Fsp3) is 0.565. The van der Waals surface area contributed by atoms with Crippen molar-refractivity contribution in [3.63, 3.8) is 0 Å². The molecule has 7 heteroatoms. The molecule has 1 aromatic carbocycles. The van der Waals surface area contributed by atoms with E-state index < -0.39 is 0 Å². The van der Waals surface area contributed by atoms with Gasteiger partial charge in [-0.15, -0.1) is 0 Å². The van der Waals surface area contributed by atoms with Gasteiger partial charge in [-0.05, 0) is 65.9 Å². The summed E-state index contributed by atoms with van der Waals surface area (Å²) in [7, 11) is 4.04. The average molecular weight is 413 g/mol. The van der Waals surface area contributed by atoms with E-state index in [1.165, 1.54) is 0 Å². The molecule has 1 aromatic heterocycles. The smallest absolute Gasteiger partial charge is 0.255 e. The lowest BCUT2D eigenvalue weighted by Gasteiger charge is -2.48. The molecule has 0 unspecified atom stereocenters. The van der Waals surface area contributed by atoms with Gasteiger partial charge < -0.3 is 19.7 Å². The van der Waals surface area contributed by atoms with E-state index in [9.17, 15) is 4.79 Å². The van der Waals surface area contributed by atoms with Gasteiger partial charge in [-0.2, -0.15) is 5.10 Å². The summed E-state index contributed by atoms with van der Waals surface area (Å²) in [4.78, 5) is 15.0. The second kappa shape index (κ2) is 8.04. The van der Waals surface area contributed by atoms with Crippen LogP contribution in [0.2, 0.25) is 0 Å². The Bertz CT molecular complexity index is 921. The SMILES string of the molecule is C[C@@H]1CC[C@@H]2[C@@H](O1)c1cc(C(=O)Nc3cnn(CCN(C)C)c3)ccc1OC2(C)C. The molecule has 7 nitrogen and oxygen atoms in total. The lowest BCUT2D eigenvalue weighted by molar-refractivity contribution is -0.144. The number of carbonyl (C=O) groups is 1. The summed E-state index contributed by atoms with van der Waals surface area (Å²) in [6.45, 7) is 8.02. The number of hydrogen-bond acceptors (Lipinski definition) is 5. The summed E-state index contributed by atoms with van der Waals surface area (Å²) in [6, 6.07) is 5.63. The highest BCUT2D eigenvalue weighted by Gasteiger charge is 2.47. The third-order valence-corrected chi connectivity index (χ3v) is 6.14. The second-order valence-corrected chi connectivity index (χ2v) is 9.26. The molecular formula is C23H32N4O3.